The fourth-order valence-corrected chi connectivity index (χ4v) is 2.80. The van der Waals surface area contributed by atoms with Gasteiger partial charge in [-0.25, -0.2) is 4.68 Å². The van der Waals surface area contributed by atoms with Gasteiger partial charge in [-0.1, -0.05) is 50.2 Å². The van der Waals surface area contributed by atoms with Crippen LogP contribution in [-0.2, 0) is 11.2 Å². The van der Waals surface area contributed by atoms with Gasteiger partial charge >= 0.3 is 0 Å². The summed E-state index contributed by atoms with van der Waals surface area (Å²) < 4.78 is 1.83. The Bertz CT molecular complexity index is 837. The summed E-state index contributed by atoms with van der Waals surface area (Å²) in [5.41, 5.74) is 4.13. The Hall–Kier alpha value is -2.88. The molecular weight excluding hydrogens is 310 g/mol. The first-order chi connectivity index (χ1) is 12.1. The minimum Gasteiger partial charge on any atom is -0.326 e. The summed E-state index contributed by atoms with van der Waals surface area (Å²) in [6.45, 7) is 4.26. The van der Waals surface area contributed by atoms with E-state index >= 15 is 0 Å². The van der Waals surface area contributed by atoms with Crippen LogP contribution in [0.2, 0.25) is 0 Å². The van der Waals surface area contributed by atoms with E-state index in [0.29, 0.717) is 18.8 Å². The number of anilines is 1. The standard InChI is InChI=1S/C21H23N3O/c1-16(2)19-10-6-7-11-20(19)23-21(25)13-12-17-14-22-24(15-17)18-8-4-3-5-9-18/h3-11,14-16H,12-13H2,1-2H3,(H,23,25). The van der Waals surface area contributed by atoms with Gasteiger partial charge in [0.25, 0.3) is 0 Å². The third kappa shape index (κ3) is 4.35. The summed E-state index contributed by atoms with van der Waals surface area (Å²) in [5.74, 6) is 0.404. The molecule has 1 heterocycles. The maximum atomic E-state index is 12.3. The van der Waals surface area contributed by atoms with Gasteiger partial charge in [-0.05, 0) is 41.7 Å². The molecule has 0 radical (unpaired) electrons. The third-order valence-electron chi connectivity index (χ3n) is 4.15. The molecule has 1 aromatic heterocycles. The van der Waals surface area contributed by atoms with Crippen LogP contribution in [0.15, 0.2) is 67.0 Å². The molecule has 128 valence electrons. The number of hydrogen-bond acceptors (Lipinski definition) is 2. The van der Waals surface area contributed by atoms with E-state index in [1.54, 1.807) is 0 Å². The predicted octanol–water partition coefficient (Wildman–Crippen LogP) is 4.57. The number of hydrogen-bond donors (Lipinski definition) is 1. The number of aryl methyl sites for hydroxylation is 1. The van der Waals surface area contributed by atoms with Crippen molar-refractivity contribution >= 4 is 11.6 Å². The maximum Gasteiger partial charge on any atom is 0.224 e. The Morgan fingerprint density at radius 1 is 1.08 bits per heavy atom. The number of carbonyl (C=O) groups is 1. The van der Waals surface area contributed by atoms with Crippen molar-refractivity contribution in [3.63, 3.8) is 0 Å². The van der Waals surface area contributed by atoms with E-state index in [4.69, 9.17) is 0 Å². The molecule has 0 atom stereocenters. The number of benzene rings is 2. The molecule has 0 aliphatic carbocycles. The van der Waals surface area contributed by atoms with Crippen LogP contribution in [0.1, 0.15) is 37.3 Å². The molecule has 0 saturated heterocycles. The number of nitrogens with one attached hydrogen (secondary N) is 1. The predicted molar refractivity (Wildman–Crippen MR) is 101 cm³/mol. The van der Waals surface area contributed by atoms with E-state index < -0.39 is 0 Å². The van der Waals surface area contributed by atoms with Crippen LogP contribution in [0.3, 0.4) is 0 Å². The molecule has 0 bridgehead atoms. The molecule has 0 unspecified atom stereocenters. The molecule has 0 saturated carbocycles. The van der Waals surface area contributed by atoms with Gasteiger partial charge in [-0.3, -0.25) is 4.79 Å². The van der Waals surface area contributed by atoms with Gasteiger partial charge in [-0.15, -0.1) is 0 Å². The number of carbonyl (C=O) groups excluding carboxylic acids is 1. The lowest BCUT2D eigenvalue weighted by Crippen LogP contribution is -2.14. The largest absolute Gasteiger partial charge is 0.326 e. The summed E-state index contributed by atoms with van der Waals surface area (Å²) in [5, 5.41) is 7.41. The molecule has 0 aliphatic heterocycles. The van der Waals surface area contributed by atoms with Crippen LogP contribution in [0.5, 0.6) is 0 Å². The van der Waals surface area contributed by atoms with Crippen LogP contribution in [0, 0.1) is 0 Å². The third-order valence-corrected chi connectivity index (χ3v) is 4.15. The van der Waals surface area contributed by atoms with Crippen LogP contribution in [0.25, 0.3) is 5.69 Å². The zero-order valence-electron chi connectivity index (χ0n) is 14.6. The number of para-hydroxylation sites is 2. The van der Waals surface area contributed by atoms with Gasteiger partial charge in [0.2, 0.25) is 5.91 Å². The summed E-state index contributed by atoms with van der Waals surface area (Å²) in [6, 6.07) is 17.9. The fourth-order valence-electron chi connectivity index (χ4n) is 2.80. The van der Waals surface area contributed by atoms with E-state index in [2.05, 4.69) is 30.3 Å². The molecule has 1 amide bonds. The number of amides is 1. The Kier molecular flexibility index (Phi) is 5.29. The van der Waals surface area contributed by atoms with Crippen molar-refractivity contribution in [3.8, 4) is 5.69 Å². The Balaban J connectivity index is 1.59. The lowest BCUT2D eigenvalue weighted by Gasteiger charge is -2.13. The summed E-state index contributed by atoms with van der Waals surface area (Å²) in [4.78, 5) is 12.3. The zero-order chi connectivity index (χ0) is 17.6. The van der Waals surface area contributed by atoms with E-state index in [1.807, 2.05) is 65.6 Å². The van der Waals surface area contributed by atoms with Gasteiger partial charge in [0.1, 0.15) is 0 Å². The highest BCUT2D eigenvalue weighted by molar-refractivity contribution is 5.91. The number of aromatic nitrogens is 2. The second-order valence-electron chi connectivity index (χ2n) is 6.42. The second kappa shape index (κ2) is 7.79. The van der Waals surface area contributed by atoms with Crippen molar-refractivity contribution in [1.29, 1.82) is 0 Å². The van der Waals surface area contributed by atoms with E-state index in [0.717, 1.165) is 22.5 Å². The second-order valence-corrected chi connectivity index (χ2v) is 6.42. The molecule has 4 nitrogen and oxygen atoms in total. The van der Waals surface area contributed by atoms with Gasteiger partial charge in [0.05, 0.1) is 11.9 Å². The molecule has 25 heavy (non-hydrogen) atoms. The molecule has 3 aromatic rings. The first-order valence-electron chi connectivity index (χ1n) is 8.61. The normalized spacial score (nSPS) is 10.8. The lowest BCUT2D eigenvalue weighted by atomic mass is 10.0. The molecule has 3 rings (SSSR count). The quantitative estimate of drug-likeness (QED) is 0.718. The molecule has 4 heteroatoms. The average molecular weight is 333 g/mol. The van der Waals surface area contributed by atoms with Crippen LogP contribution in [0.4, 0.5) is 5.69 Å². The Labute approximate surface area is 148 Å². The summed E-state index contributed by atoms with van der Waals surface area (Å²) in [7, 11) is 0. The molecular formula is C21H23N3O. The molecule has 0 fully saturated rings. The first kappa shape index (κ1) is 17.0. The van der Waals surface area contributed by atoms with E-state index in [-0.39, 0.29) is 5.91 Å². The first-order valence-corrected chi connectivity index (χ1v) is 8.61. The lowest BCUT2D eigenvalue weighted by molar-refractivity contribution is -0.116. The minimum atomic E-state index is 0.0283. The van der Waals surface area contributed by atoms with Crippen molar-refractivity contribution in [1.82, 2.24) is 9.78 Å². The van der Waals surface area contributed by atoms with Crippen molar-refractivity contribution in [2.75, 3.05) is 5.32 Å². The van der Waals surface area contributed by atoms with Crippen molar-refractivity contribution in [2.45, 2.75) is 32.6 Å². The van der Waals surface area contributed by atoms with Gasteiger partial charge in [0.15, 0.2) is 0 Å². The zero-order valence-corrected chi connectivity index (χ0v) is 14.6. The van der Waals surface area contributed by atoms with Crippen molar-refractivity contribution in [3.05, 3.63) is 78.1 Å². The molecule has 0 aliphatic rings. The van der Waals surface area contributed by atoms with Crippen LogP contribution < -0.4 is 5.32 Å². The van der Waals surface area contributed by atoms with Gasteiger partial charge in [0, 0.05) is 18.3 Å². The minimum absolute atomic E-state index is 0.0283. The highest BCUT2D eigenvalue weighted by Crippen LogP contribution is 2.23. The smallest absolute Gasteiger partial charge is 0.224 e. The molecule has 1 N–H and O–H groups in total. The number of nitrogens with zero attached hydrogens (tertiary/aromatic N) is 2. The topological polar surface area (TPSA) is 46.9 Å². The van der Waals surface area contributed by atoms with Crippen LogP contribution >= 0.6 is 0 Å². The number of rotatable bonds is 6. The maximum absolute atomic E-state index is 12.3. The van der Waals surface area contributed by atoms with E-state index in [9.17, 15) is 4.79 Å². The summed E-state index contributed by atoms with van der Waals surface area (Å²) >= 11 is 0. The molecule has 0 spiro atoms. The van der Waals surface area contributed by atoms with Crippen molar-refractivity contribution < 1.29 is 4.79 Å². The Morgan fingerprint density at radius 3 is 2.56 bits per heavy atom. The monoisotopic (exact) mass is 333 g/mol. The molecule has 2 aromatic carbocycles. The highest BCUT2D eigenvalue weighted by Gasteiger charge is 2.10. The van der Waals surface area contributed by atoms with Gasteiger partial charge < -0.3 is 5.32 Å². The SMILES string of the molecule is CC(C)c1ccccc1NC(=O)CCc1cnn(-c2ccccc2)c1. The van der Waals surface area contributed by atoms with Crippen LogP contribution in [-0.4, -0.2) is 15.7 Å². The van der Waals surface area contributed by atoms with E-state index in [1.165, 1.54) is 0 Å². The van der Waals surface area contributed by atoms with Crippen molar-refractivity contribution in [2.24, 2.45) is 0 Å². The fraction of sp³-hybridized carbons (Fsp3) is 0.238. The average Bonchev–Trinajstić information content (AvgIpc) is 3.10. The Morgan fingerprint density at radius 2 is 1.80 bits per heavy atom. The highest BCUT2D eigenvalue weighted by atomic mass is 16.1. The van der Waals surface area contributed by atoms with Gasteiger partial charge in [-0.2, -0.15) is 5.10 Å². The summed E-state index contributed by atoms with van der Waals surface area (Å²) in [6.07, 6.45) is 4.91.